The molecule has 7 heteroatoms. The fraction of sp³-hybridized carbons (Fsp3) is 0.138. The van der Waals surface area contributed by atoms with Gasteiger partial charge in [0.2, 0.25) is 0 Å². The number of carbonyl (C=O) groups is 1. The Kier molecular flexibility index (Phi) is 8.49. The van der Waals surface area contributed by atoms with Gasteiger partial charge >= 0.3 is 6.03 Å². The molecule has 7 nitrogen and oxygen atoms in total. The zero-order valence-electron chi connectivity index (χ0n) is 19.7. The minimum absolute atomic E-state index is 0.293. The third-order valence-electron chi connectivity index (χ3n) is 5.30. The standard InChI is InChI=1S/C29H26N4O3/c30-15-14-22-6-10-27(11-7-22)35-20-24-3-1-5-26(17-24)33-29(34)32-19-23-8-12-28(13-9-23)36-21-25-4-2-16-31-18-25/h1-13,16-18H,14,19-21H2,(H2,32,33,34). The van der Waals surface area contributed by atoms with Crippen LogP contribution in [0.5, 0.6) is 11.5 Å². The van der Waals surface area contributed by atoms with E-state index in [-0.39, 0.29) is 6.03 Å². The molecule has 0 bridgehead atoms. The minimum Gasteiger partial charge on any atom is -0.489 e. The van der Waals surface area contributed by atoms with Gasteiger partial charge in [0.25, 0.3) is 0 Å². The van der Waals surface area contributed by atoms with Gasteiger partial charge in [-0.2, -0.15) is 5.26 Å². The summed E-state index contributed by atoms with van der Waals surface area (Å²) in [4.78, 5) is 16.5. The Hall–Kier alpha value is -4.83. The monoisotopic (exact) mass is 478 g/mol. The Bertz CT molecular complexity index is 1300. The number of hydrogen-bond donors (Lipinski definition) is 2. The highest BCUT2D eigenvalue weighted by Crippen LogP contribution is 2.17. The van der Waals surface area contributed by atoms with Crippen molar-refractivity contribution in [3.63, 3.8) is 0 Å². The van der Waals surface area contributed by atoms with Crippen molar-refractivity contribution in [2.45, 2.75) is 26.2 Å². The van der Waals surface area contributed by atoms with E-state index >= 15 is 0 Å². The van der Waals surface area contributed by atoms with Gasteiger partial charge in [-0.25, -0.2) is 4.79 Å². The summed E-state index contributed by atoms with van der Waals surface area (Å²) in [5, 5.41) is 14.5. The van der Waals surface area contributed by atoms with E-state index in [9.17, 15) is 4.79 Å². The second-order valence-corrected chi connectivity index (χ2v) is 8.07. The SMILES string of the molecule is N#CCc1ccc(OCc2cccc(NC(=O)NCc3ccc(OCc4cccnc4)cc3)c2)cc1. The number of urea groups is 1. The Morgan fingerprint density at radius 3 is 2.14 bits per heavy atom. The molecule has 180 valence electrons. The molecule has 1 heterocycles. The van der Waals surface area contributed by atoms with E-state index in [0.717, 1.165) is 33.8 Å². The molecule has 0 fully saturated rings. The summed E-state index contributed by atoms with van der Waals surface area (Å²) in [6.45, 7) is 1.20. The largest absolute Gasteiger partial charge is 0.489 e. The molecule has 4 aromatic rings. The molecule has 0 saturated carbocycles. The fourth-order valence-corrected chi connectivity index (χ4v) is 3.41. The number of nitrogens with zero attached hydrogens (tertiary/aromatic N) is 2. The average Bonchev–Trinajstić information content (AvgIpc) is 2.92. The van der Waals surface area contributed by atoms with Crippen LogP contribution in [0.4, 0.5) is 10.5 Å². The normalized spacial score (nSPS) is 10.2. The van der Waals surface area contributed by atoms with Crippen molar-refractivity contribution in [1.82, 2.24) is 10.3 Å². The number of aromatic nitrogens is 1. The molecule has 36 heavy (non-hydrogen) atoms. The smallest absolute Gasteiger partial charge is 0.319 e. The molecule has 2 N–H and O–H groups in total. The highest BCUT2D eigenvalue weighted by Gasteiger charge is 2.05. The highest BCUT2D eigenvalue weighted by molar-refractivity contribution is 5.89. The van der Waals surface area contributed by atoms with Gasteiger partial charge < -0.3 is 20.1 Å². The lowest BCUT2D eigenvalue weighted by atomic mass is 10.1. The molecule has 0 radical (unpaired) electrons. The number of rotatable bonds is 10. The number of nitrogens with one attached hydrogen (secondary N) is 2. The molecule has 0 atom stereocenters. The highest BCUT2D eigenvalue weighted by atomic mass is 16.5. The summed E-state index contributed by atoms with van der Waals surface area (Å²) in [5.74, 6) is 1.48. The third-order valence-corrected chi connectivity index (χ3v) is 5.30. The molecule has 0 saturated heterocycles. The lowest BCUT2D eigenvalue weighted by molar-refractivity contribution is 0.251. The molecule has 0 aliphatic heterocycles. The second kappa shape index (κ2) is 12.6. The number of ether oxygens (including phenoxy) is 2. The molecule has 1 aromatic heterocycles. The number of nitriles is 1. The molecule has 0 aliphatic carbocycles. The van der Waals surface area contributed by atoms with Gasteiger partial charge in [-0.3, -0.25) is 4.98 Å². The molecule has 0 unspecified atom stereocenters. The van der Waals surface area contributed by atoms with Gasteiger partial charge in [-0.1, -0.05) is 42.5 Å². The van der Waals surface area contributed by atoms with E-state index in [1.54, 1.807) is 12.4 Å². The first-order valence-corrected chi connectivity index (χ1v) is 11.5. The summed E-state index contributed by atoms with van der Waals surface area (Å²) in [5.41, 5.74) is 4.52. The van der Waals surface area contributed by atoms with Crippen molar-refractivity contribution in [2.75, 3.05) is 5.32 Å². The van der Waals surface area contributed by atoms with Crippen molar-refractivity contribution < 1.29 is 14.3 Å². The van der Waals surface area contributed by atoms with Gasteiger partial charge in [-0.15, -0.1) is 0 Å². The van der Waals surface area contributed by atoms with Crippen LogP contribution in [0.1, 0.15) is 22.3 Å². The lowest BCUT2D eigenvalue weighted by Gasteiger charge is -2.11. The lowest BCUT2D eigenvalue weighted by Crippen LogP contribution is -2.28. The minimum atomic E-state index is -0.293. The molecule has 4 rings (SSSR count). The zero-order chi connectivity index (χ0) is 25.0. The van der Waals surface area contributed by atoms with Gasteiger partial charge in [0.15, 0.2) is 0 Å². The van der Waals surface area contributed by atoms with Crippen molar-refractivity contribution in [2.24, 2.45) is 0 Å². The summed E-state index contributed by atoms with van der Waals surface area (Å²) in [6.07, 6.45) is 3.88. The summed E-state index contributed by atoms with van der Waals surface area (Å²) < 4.78 is 11.6. The van der Waals surface area contributed by atoms with Crippen LogP contribution >= 0.6 is 0 Å². The van der Waals surface area contributed by atoms with E-state index in [0.29, 0.717) is 31.9 Å². The molecular weight excluding hydrogens is 452 g/mol. The molecule has 2 amide bonds. The fourth-order valence-electron chi connectivity index (χ4n) is 3.41. The first kappa shape index (κ1) is 24.3. The number of carbonyl (C=O) groups excluding carboxylic acids is 1. The number of benzene rings is 3. The Labute approximate surface area is 210 Å². The molecule has 0 aliphatic rings. The molecular formula is C29H26N4O3. The summed E-state index contributed by atoms with van der Waals surface area (Å²) in [6, 6.07) is 28.2. The number of pyridine rings is 1. The maximum absolute atomic E-state index is 12.4. The van der Waals surface area contributed by atoms with Gasteiger partial charge in [-0.05, 0) is 59.2 Å². The first-order valence-electron chi connectivity index (χ1n) is 11.5. The van der Waals surface area contributed by atoms with Crippen molar-refractivity contribution >= 4 is 11.7 Å². The van der Waals surface area contributed by atoms with Crippen LogP contribution in [-0.2, 0) is 26.2 Å². The number of anilines is 1. The average molecular weight is 479 g/mol. The Morgan fingerprint density at radius 2 is 1.47 bits per heavy atom. The van der Waals surface area contributed by atoms with Crippen LogP contribution in [0.2, 0.25) is 0 Å². The zero-order valence-corrected chi connectivity index (χ0v) is 19.7. The topological polar surface area (TPSA) is 96.3 Å². The van der Waals surface area contributed by atoms with Gasteiger partial charge in [0.05, 0.1) is 12.5 Å². The Morgan fingerprint density at radius 1 is 0.806 bits per heavy atom. The van der Waals surface area contributed by atoms with Crippen molar-refractivity contribution in [3.05, 3.63) is 120 Å². The first-order chi connectivity index (χ1) is 17.7. The van der Waals surface area contributed by atoms with Crippen LogP contribution in [0.25, 0.3) is 0 Å². The summed E-state index contributed by atoms with van der Waals surface area (Å²) >= 11 is 0. The number of amides is 2. The van der Waals surface area contributed by atoms with Crippen molar-refractivity contribution in [3.8, 4) is 17.6 Å². The predicted molar refractivity (Wildman–Crippen MR) is 137 cm³/mol. The maximum Gasteiger partial charge on any atom is 0.319 e. The van der Waals surface area contributed by atoms with E-state index in [4.69, 9.17) is 14.7 Å². The van der Waals surface area contributed by atoms with Crippen LogP contribution in [0.15, 0.2) is 97.3 Å². The third kappa shape index (κ3) is 7.61. The van der Waals surface area contributed by atoms with Gasteiger partial charge in [0, 0.05) is 30.2 Å². The van der Waals surface area contributed by atoms with Crippen LogP contribution in [0, 0.1) is 11.3 Å². The molecule has 3 aromatic carbocycles. The van der Waals surface area contributed by atoms with Crippen molar-refractivity contribution in [1.29, 1.82) is 5.26 Å². The second-order valence-electron chi connectivity index (χ2n) is 8.07. The Balaban J connectivity index is 1.21. The van der Waals surface area contributed by atoms with Crippen LogP contribution in [0.3, 0.4) is 0 Å². The van der Waals surface area contributed by atoms with E-state index in [1.165, 1.54) is 0 Å². The van der Waals surface area contributed by atoms with Crippen LogP contribution < -0.4 is 20.1 Å². The van der Waals surface area contributed by atoms with E-state index in [2.05, 4.69) is 21.7 Å². The van der Waals surface area contributed by atoms with Gasteiger partial charge in [0.1, 0.15) is 24.7 Å². The maximum atomic E-state index is 12.4. The van der Waals surface area contributed by atoms with E-state index in [1.807, 2.05) is 84.9 Å². The molecule has 0 spiro atoms. The summed E-state index contributed by atoms with van der Waals surface area (Å²) in [7, 11) is 0. The van der Waals surface area contributed by atoms with Crippen LogP contribution in [-0.4, -0.2) is 11.0 Å². The quantitative estimate of drug-likeness (QED) is 0.308. The predicted octanol–water partition coefficient (Wildman–Crippen LogP) is 5.63. The van der Waals surface area contributed by atoms with E-state index < -0.39 is 0 Å². The number of hydrogen-bond acceptors (Lipinski definition) is 5.